The van der Waals surface area contributed by atoms with Gasteiger partial charge in [-0.3, -0.25) is 4.90 Å². The summed E-state index contributed by atoms with van der Waals surface area (Å²) in [6, 6.07) is 6.44. The number of hydrogen-bond donors (Lipinski definition) is 1. The number of likely N-dealkylation sites (N-methyl/N-ethyl adjacent to an activating group) is 1. The minimum absolute atomic E-state index is 0.0306. The van der Waals surface area contributed by atoms with Crippen LogP contribution in [0.25, 0.3) is 0 Å². The highest BCUT2D eigenvalue weighted by molar-refractivity contribution is 5.40. The maximum absolute atomic E-state index is 6.05. The molecule has 0 amide bonds. The molecule has 0 saturated carbocycles. The number of rotatable bonds is 5. The summed E-state index contributed by atoms with van der Waals surface area (Å²) < 4.78 is 6.05. The summed E-state index contributed by atoms with van der Waals surface area (Å²) in [5.41, 5.74) is 8.55. The first kappa shape index (κ1) is 14.4. The van der Waals surface area contributed by atoms with E-state index < -0.39 is 0 Å². The molecule has 0 aliphatic carbocycles. The third-order valence-electron chi connectivity index (χ3n) is 4.12. The van der Waals surface area contributed by atoms with Crippen LogP contribution in [-0.2, 0) is 6.42 Å². The first-order chi connectivity index (χ1) is 8.96. The predicted octanol–water partition coefficient (Wildman–Crippen LogP) is 2.36. The molecule has 3 heteroatoms. The molecule has 2 rings (SSSR count). The number of fused-ring (bicyclic) bond motifs is 1. The molecule has 1 aromatic rings. The molecular formula is C16H26N2O. The van der Waals surface area contributed by atoms with Crippen molar-refractivity contribution < 1.29 is 4.74 Å². The molecule has 0 fully saturated rings. The van der Waals surface area contributed by atoms with Gasteiger partial charge in [0.15, 0.2) is 0 Å². The molecule has 1 atom stereocenters. The lowest BCUT2D eigenvalue weighted by atomic mass is 10.0. The van der Waals surface area contributed by atoms with Crippen LogP contribution in [0.5, 0.6) is 5.75 Å². The lowest BCUT2D eigenvalue weighted by Crippen LogP contribution is -2.52. The fraction of sp³-hybridized carbons (Fsp3) is 0.625. The van der Waals surface area contributed by atoms with Gasteiger partial charge >= 0.3 is 0 Å². The summed E-state index contributed by atoms with van der Waals surface area (Å²) in [6.07, 6.45) is 1.26. The summed E-state index contributed by atoms with van der Waals surface area (Å²) in [5, 5.41) is 0. The van der Waals surface area contributed by atoms with Gasteiger partial charge in [0.2, 0.25) is 0 Å². The zero-order valence-electron chi connectivity index (χ0n) is 12.6. The monoisotopic (exact) mass is 262 g/mol. The normalized spacial score (nSPS) is 18.5. The van der Waals surface area contributed by atoms with Crippen molar-refractivity contribution in [2.24, 2.45) is 5.73 Å². The SMILES string of the molecule is CCN(CC1Cc2cc(C)ccc2O1)C(C)(C)CN. The molecule has 1 aliphatic rings. The number of nitrogens with zero attached hydrogens (tertiary/aromatic N) is 1. The van der Waals surface area contributed by atoms with E-state index in [-0.39, 0.29) is 11.6 Å². The first-order valence-corrected chi connectivity index (χ1v) is 7.17. The van der Waals surface area contributed by atoms with Crippen LogP contribution in [0.1, 0.15) is 31.9 Å². The van der Waals surface area contributed by atoms with E-state index in [0.717, 1.165) is 25.3 Å². The van der Waals surface area contributed by atoms with Gasteiger partial charge in [-0.25, -0.2) is 0 Å². The Kier molecular flexibility index (Phi) is 4.16. The van der Waals surface area contributed by atoms with Crippen LogP contribution in [-0.4, -0.2) is 36.2 Å². The van der Waals surface area contributed by atoms with Crippen molar-refractivity contribution >= 4 is 0 Å². The molecule has 1 heterocycles. The van der Waals surface area contributed by atoms with Crippen LogP contribution in [0.15, 0.2) is 18.2 Å². The number of aryl methyl sites for hydroxylation is 1. The van der Waals surface area contributed by atoms with Crippen molar-refractivity contribution in [1.82, 2.24) is 4.90 Å². The minimum atomic E-state index is 0.0306. The molecular weight excluding hydrogens is 236 g/mol. The van der Waals surface area contributed by atoms with Crippen LogP contribution >= 0.6 is 0 Å². The van der Waals surface area contributed by atoms with Crippen LogP contribution in [0.2, 0.25) is 0 Å². The predicted molar refractivity (Wildman–Crippen MR) is 79.7 cm³/mol. The van der Waals surface area contributed by atoms with E-state index in [9.17, 15) is 0 Å². The summed E-state index contributed by atoms with van der Waals surface area (Å²) in [7, 11) is 0. The Morgan fingerprint density at radius 2 is 2.16 bits per heavy atom. The standard InChI is InChI=1S/C16H26N2O/c1-5-18(16(3,4)11-17)10-14-9-13-8-12(2)6-7-15(13)19-14/h6-8,14H,5,9-11,17H2,1-4H3. The Morgan fingerprint density at radius 3 is 2.79 bits per heavy atom. The Balaban J connectivity index is 2.03. The van der Waals surface area contributed by atoms with Crippen molar-refractivity contribution in [3.05, 3.63) is 29.3 Å². The third-order valence-corrected chi connectivity index (χ3v) is 4.12. The smallest absolute Gasteiger partial charge is 0.123 e. The van der Waals surface area contributed by atoms with Crippen molar-refractivity contribution in [3.8, 4) is 5.75 Å². The van der Waals surface area contributed by atoms with Gasteiger partial charge in [0.1, 0.15) is 11.9 Å². The molecule has 0 aromatic heterocycles. The molecule has 1 unspecified atom stereocenters. The highest BCUT2D eigenvalue weighted by Gasteiger charge is 2.30. The van der Waals surface area contributed by atoms with Crippen LogP contribution in [0.3, 0.4) is 0 Å². The van der Waals surface area contributed by atoms with Gasteiger partial charge in [0.25, 0.3) is 0 Å². The van der Waals surface area contributed by atoms with Crippen molar-refractivity contribution in [1.29, 1.82) is 0 Å². The molecule has 19 heavy (non-hydrogen) atoms. The van der Waals surface area contributed by atoms with E-state index in [1.807, 2.05) is 0 Å². The van der Waals surface area contributed by atoms with E-state index in [0.29, 0.717) is 6.54 Å². The number of ether oxygens (including phenoxy) is 1. The van der Waals surface area contributed by atoms with E-state index in [1.165, 1.54) is 11.1 Å². The minimum Gasteiger partial charge on any atom is -0.488 e. The summed E-state index contributed by atoms with van der Waals surface area (Å²) in [6.45, 7) is 11.3. The summed E-state index contributed by atoms with van der Waals surface area (Å²) in [5.74, 6) is 1.05. The molecule has 1 aliphatic heterocycles. The highest BCUT2D eigenvalue weighted by atomic mass is 16.5. The topological polar surface area (TPSA) is 38.5 Å². The average molecular weight is 262 g/mol. The molecule has 1 aromatic carbocycles. The molecule has 106 valence electrons. The number of nitrogens with two attached hydrogens (primary N) is 1. The average Bonchev–Trinajstić information content (AvgIpc) is 2.77. The highest BCUT2D eigenvalue weighted by Crippen LogP contribution is 2.30. The molecule has 0 bridgehead atoms. The fourth-order valence-electron chi connectivity index (χ4n) is 2.73. The van der Waals surface area contributed by atoms with Crippen molar-refractivity contribution in [2.75, 3.05) is 19.6 Å². The second-order valence-electron chi connectivity index (χ2n) is 6.11. The molecule has 2 N–H and O–H groups in total. The Bertz CT molecular complexity index is 442. The lowest BCUT2D eigenvalue weighted by Gasteiger charge is -2.38. The van der Waals surface area contributed by atoms with E-state index in [4.69, 9.17) is 10.5 Å². The zero-order valence-corrected chi connectivity index (χ0v) is 12.6. The van der Waals surface area contributed by atoms with Crippen molar-refractivity contribution in [3.63, 3.8) is 0 Å². The van der Waals surface area contributed by atoms with Crippen LogP contribution in [0.4, 0.5) is 0 Å². The van der Waals surface area contributed by atoms with E-state index in [1.54, 1.807) is 0 Å². The quantitative estimate of drug-likeness (QED) is 0.885. The van der Waals surface area contributed by atoms with Gasteiger partial charge < -0.3 is 10.5 Å². The van der Waals surface area contributed by atoms with Gasteiger partial charge in [0, 0.05) is 25.0 Å². The fourth-order valence-corrected chi connectivity index (χ4v) is 2.73. The maximum atomic E-state index is 6.05. The van der Waals surface area contributed by atoms with E-state index >= 15 is 0 Å². The second-order valence-corrected chi connectivity index (χ2v) is 6.11. The van der Waals surface area contributed by atoms with Crippen molar-refractivity contribution in [2.45, 2.75) is 45.8 Å². The second kappa shape index (κ2) is 5.51. The first-order valence-electron chi connectivity index (χ1n) is 7.17. The maximum Gasteiger partial charge on any atom is 0.123 e. The van der Waals surface area contributed by atoms with Gasteiger partial charge in [-0.1, -0.05) is 24.6 Å². The number of benzene rings is 1. The third kappa shape index (κ3) is 3.10. The molecule has 0 spiro atoms. The van der Waals surface area contributed by atoms with Gasteiger partial charge in [0.05, 0.1) is 0 Å². The largest absolute Gasteiger partial charge is 0.488 e. The Hall–Kier alpha value is -1.06. The zero-order chi connectivity index (χ0) is 14.0. The molecule has 0 radical (unpaired) electrons. The number of hydrogen-bond acceptors (Lipinski definition) is 3. The molecule has 0 saturated heterocycles. The summed E-state index contributed by atoms with van der Waals surface area (Å²) in [4.78, 5) is 2.41. The summed E-state index contributed by atoms with van der Waals surface area (Å²) >= 11 is 0. The van der Waals surface area contributed by atoms with Gasteiger partial charge in [-0.05, 0) is 38.9 Å². The van der Waals surface area contributed by atoms with E-state index in [2.05, 4.69) is 50.8 Å². The van der Waals surface area contributed by atoms with Gasteiger partial charge in [-0.15, -0.1) is 0 Å². The molecule has 3 nitrogen and oxygen atoms in total. The Labute approximate surface area is 116 Å². The van der Waals surface area contributed by atoms with Gasteiger partial charge in [-0.2, -0.15) is 0 Å². The van der Waals surface area contributed by atoms with Crippen LogP contribution < -0.4 is 10.5 Å². The van der Waals surface area contributed by atoms with Crippen LogP contribution in [0, 0.1) is 6.92 Å². The Morgan fingerprint density at radius 1 is 1.42 bits per heavy atom. The lowest BCUT2D eigenvalue weighted by molar-refractivity contribution is 0.0796.